The average molecular weight is 278 g/mol. The summed E-state index contributed by atoms with van der Waals surface area (Å²) in [6.07, 6.45) is 5.73. The van der Waals surface area contributed by atoms with Crippen molar-refractivity contribution in [2.45, 2.75) is 59.1 Å². The molecule has 3 rings (SSSR count). The zero-order chi connectivity index (χ0) is 14.2. The molecule has 4 nitrogen and oxygen atoms in total. The maximum absolute atomic E-state index is 5.71. The van der Waals surface area contributed by atoms with Crippen LogP contribution in [0.2, 0.25) is 0 Å². The van der Waals surface area contributed by atoms with E-state index in [1.165, 1.54) is 44.3 Å². The van der Waals surface area contributed by atoms with Crippen LogP contribution in [0.4, 0.5) is 0 Å². The van der Waals surface area contributed by atoms with Gasteiger partial charge >= 0.3 is 0 Å². The first kappa shape index (κ1) is 14.1. The highest BCUT2D eigenvalue weighted by atomic mass is 16.5. The van der Waals surface area contributed by atoms with Crippen molar-refractivity contribution in [3.8, 4) is 0 Å². The predicted octanol–water partition coefficient (Wildman–Crippen LogP) is 3.07. The molecule has 0 amide bonds. The van der Waals surface area contributed by atoms with Gasteiger partial charge in [-0.05, 0) is 65.0 Å². The average Bonchev–Trinajstić information content (AvgIpc) is 2.71. The molecule has 0 bridgehead atoms. The number of hydrogen-bond acceptors (Lipinski definition) is 4. The zero-order valence-electron chi connectivity index (χ0n) is 12.9. The molecule has 1 aromatic heterocycles. The zero-order valence-corrected chi connectivity index (χ0v) is 12.9. The Hall–Kier alpha value is -0.870. The molecule has 0 unspecified atom stereocenters. The Morgan fingerprint density at radius 1 is 1.30 bits per heavy atom. The fraction of sp³-hybridized carbons (Fsp3) is 0.812. The lowest BCUT2D eigenvalue weighted by Gasteiger charge is -2.52. The summed E-state index contributed by atoms with van der Waals surface area (Å²) in [6, 6.07) is 0. The molecular formula is C16H26N2O2. The minimum Gasteiger partial charge on any atom is -0.378 e. The van der Waals surface area contributed by atoms with Crippen molar-refractivity contribution >= 4 is 0 Å². The number of piperidine rings is 1. The second-order valence-electron chi connectivity index (χ2n) is 6.56. The summed E-state index contributed by atoms with van der Waals surface area (Å²) in [5, 5.41) is 4.05. The summed E-state index contributed by atoms with van der Waals surface area (Å²) in [4.78, 5) is 2.55. The smallest absolute Gasteiger partial charge is 0.138 e. The van der Waals surface area contributed by atoms with E-state index in [2.05, 4.69) is 17.0 Å². The summed E-state index contributed by atoms with van der Waals surface area (Å²) in [5.41, 5.74) is 2.92. The van der Waals surface area contributed by atoms with Crippen molar-refractivity contribution in [3.05, 3.63) is 17.0 Å². The molecule has 1 aliphatic carbocycles. The first-order chi connectivity index (χ1) is 9.62. The molecule has 20 heavy (non-hydrogen) atoms. The molecule has 112 valence electrons. The highest BCUT2D eigenvalue weighted by Gasteiger charge is 2.46. The molecule has 4 heteroatoms. The second-order valence-corrected chi connectivity index (χ2v) is 6.56. The van der Waals surface area contributed by atoms with Crippen LogP contribution in [0.3, 0.4) is 0 Å². The van der Waals surface area contributed by atoms with E-state index < -0.39 is 0 Å². The van der Waals surface area contributed by atoms with Crippen LogP contribution in [-0.4, -0.2) is 35.9 Å². The van der Waals surface area contributed by atoms with Gasteiger partial charge in [0.25, 0.3) is 0 Å². The van der Waals surface area contributed by atoms with E-state index in [0.717, 1.165) is 24.6 Å². The normalized spacial score (nSPS) is 23.1. The van der Waals surface area contributed by atoms with E-state index in [9.17, 15) is 0 Å². The summed E-state index contributed by atoms with van der Waals surface area (Å²) >= 11 is 0. The molecular weight excluding hydrogens is 252 g/mol. The first-order valence-electron chi connectivity index (χ1n) is 7.87. The van der Waals surface area contributed by atoms with Crippen molar-refractivity contribution in [1.29, 1.82) is 0 Å². The van der Waals surface area contributed by atoms with Gasteiger partial charge in [-0.3, -0.25) is 4.90 Å². The molecule has 1 aromatic rings. The number of aryl methyl sites for hydroxylation is 2. The number of aromatic nitrogens is 1. The highest BCUT2D eigenvalue weighted by molar-refractivity contribution is 5.20. The topological polar surface area (TPSA) is 38.5 Å². The SMILES string of the molecule is CCOC1CC2(CCN(Cc3c(C)noc3C)CC2)C1. The largest absolute Gasteiger partial charge is 0.378 e. The van der Waals surface area contributed by atoms with Crippen molar-refractivity contribution in [1.82, 2.24) is 10.1 Å². The molecule has 1 aliphatic heterocycles. The van der Waals surface area contributed by atoms with Crippen molar-refractivity contribution < 1.29 is 9.26 Å². The van der Waals surface area contributed by atoms with E-state index in [-0.39, 0.29) is 0 Å². The molecule has 0 radical (unpaired) electrons. The molecule has 0 aromatic carbocycles. The van der Waals surface area contributed by atoms with Gasteiger partial charge in [-0.25, -0.2) is 0 Å². The van der Waals surface area contributed by atoms with Crippen LogP contribution in [-0.2, 0) is 11.3 Å². The van der Waals surface area contributed by atoms with E-state index in [0.29, 0.717) is 11.5 Å². The lowest BCUT2D eigenvalue weighted by molar-refractivity contribution is -0.102. The Morgan fingerprint density at radius 3 is 2.55 bits per heavy atom. The molecule has 0 N–H and O–H groups in total. The van der Waals surface area contributed by atoms with Gasteiger partial charge in [-0.15, -0.1) is 0 Å². The van der Waals surface area contributed by atoms with Gasteiger partial charge in [0, 0.05) is 18.7 Å². The van der Waals surface area contributed by atoms with Crippen LogP contribution >= 0.6 is 0 Å². The van der Waals surface area contributed by atoms with E-state index in [4.69, 9.17) is 9.26 Å². The second kappa shape index (κ2) is 5.49. The molecule has 1 saturated heterocycles. The van der Waals surface area contributed by atoms with Crippen molar-refractivity contribution in [2.24, 2.45) is 5.41 Å². The molecule has 1 spiro atoms. The van der Waals surface area contributed by atoms with E-state index in [1.807, 2.05) is 13.8 Å². The van der Waals surface area contributed by atoms with Gasteiger partial charge in [-0.2, -0.15) is 0 Å². The predicted molar refractivity (Wildman–Crippen MR) is 77.6 cm³/mol. The maximum atomic E-state index is 5.71. The molecule has 2 heterocycles. The first-order valence-corrected chi connectivity index (χ1v) is 7.87. The lowest BCUT2D eigenvalue weighted by atomic mass is 9.61. The monoisotopic (exact) mass is 278 g/mol. The third-order valence-electron chi connectivity index (χ3n) is 5.20. The van der Waals surface area contributed by atoms with Gasteiger partial charge in [-0.1, -0.05) is 5.16 Å². The van der Waals surface area contributed by atoms with Gasteiger partial charge in [0.15, 0.2) is 0 Å². The van der Waals surface area contributed by atoms with Crippen LogP contribution in [0.25, 0.3) is 0 Å². The van der Waals surface area contributed by atoms with Gasteiger partial charge in [0.05, 0.1) is 11.8 Å². The highest BCUT2D eigenvalue weighted by Crippen LogP contribution is 2.50. The Balaban J connectivity index is 1.50. The number of hydrogen-bond donors (Lipinski definition) is 0. The fourth-order valence-corrected chi connectivity index (χ4v) is 3.80. The summed E-state index contributed by atoms with van der Waals surface area (Å²) in [5.74, 6) is 0.975. The third-order valence-corrected chi connectivity index (χ3v) is 5.20. The van der Waals surface area contributed by atoms with Gasteiger partial charge < -0.3 is 9.26 Å². The number of ether oxygens (including phenoxy) is 1. The van der Waals surface area contributed by atoms with E-state index in [1.54, 1.807) is 0 Å². The van der Waals surface area contributed by atoms with Gasteiger partial charge in [0.2, 0.25) is 0 Å². The molecule has 1 saturated carbocycles. The van der Waals surface area contributed by atoms with Crippen LogP contribution < -0.4 is 0 Å². The summed E-state index contributed by atoms with van der Waals surface area (Å²) in [6.45, 7) is 10.4. The van der Waals surface area contributed by atoms with Crippen molar-refractivity contribution in [3.63, 3.8) is 0 Å². The van der Waals surface area contributed by atoms with Crippen molar-refractivity contribution in [2.75, 3.05) is 19.7 Å². The Labute approximate surface area is 121 Å². The van der Waals surface area contributed by atoms with Crippen LogP contribution in [0.15, 0.2) is 4.52 Å². The minimum absolute atomic E-state index is 0.536. The fourth-order valence-electron chi connectivity index (χ4n) is 3.80. The maximum Gasteiger partial charge on any atom is 0.138 e. The Morgan fingerprint density at radius 2 is 2.00 bits per heavy atom. The number of likely N-dealkylation sites (tertiary alicyclic amines) is 1. The molecule has 2 aliphatic rings. The quantitative estimate of drug-likeness (QED) is 0.848. The van der Waals surface area contributed by atoms with E-state index >= 15 is 0 Å². The number of nitrogens with zero attached hydrogens (tertiary/aromatic N) is 2. The summed E-state index contributed by atoms with van der Waals surface area (Å²) < 4.78 is 11.0. The lowest BCUT2D eigenvalue weighted by Crippen LogP contribution is -2.49. The molecule has 2 fully saturated rings. The summed E-state index contributed by atoms with van der Waals surface area (Å²) in [7, 11) is 0. The van der Waals surface area contributed by atoms with Crippen LogP contribution in [0.5, 0.6) is 0 Å². The van der Waals surface area contributed by atoms with Gasteiger partial charge in [0.1, 0.15) is 5.76 Å². The Bertz CT molecular complexity index is 434. The number of rotatable bonds is 4. The van der Waals surface area contributed by atoms with Crippen LogP contribution in [0, 0.1) is 19.3 Å². The standard InChI is InChI=1S/C16H26N2O2/c1-4-19-14-9-16(10-14)5-7-18(8-6-16)11-15-12(2)17-20-13(15)3/h14H,4-11H2,1-3H3. The third kappa shape index (κ3) is 2.63. The molecule has 0 atom stereocenters. The van der Waals surface area contributed by atoms with Crippen LogP contribution in [0.1, 0.15) is 49.6 Å². The minimum atomic E-state index is 0.536. The Kier molecular flexibility index (Phi) is 3.87.